The van der Waals surface area contributed by atoms with Crippen molar-refractivity contribution in [3.63, 3.8) is 0 Å². The molecule has 0 radical (unpaired) electrons. The number of phosphoric ester groups is 1. The lowest BCUT2D eigenvalue weighted by atomic mass is 10.1. The molecule has 0 amide bonds. The molecule has 0 aliphatic heterocycles. The third kappa shape index (κ3) is 22.4. The highest BCUT2D eigenvalue weighted by molar-refractivity contribution is 7.47. The first kappa shape index (κ1) is 31.2. The maximum Gasteiger partial charge on any atom is 0.472 e. The Balaban J connectivity index is 3.66. The van der Waals surface area contributed by atoms with Crippen molar-refractivity contribution in [2.24, 2.45) is 0 Å². The summed E-state index contributed by atoms with van der Waals surface area (Å²) in [4.78, 5) is 21.3. The summed E-state index contributed by atoms with van der Waals surface area (Å²) >= 11 is 0. The van der Waals surface area contributed by atoms with Crippen LogP contribution in [0.1, 0.15) is 77.6 Å². The predicted molar refractivity (Wildman–Crippen MR) is 127 cm³/mol. The number of phosphoric acid groups is 1. The molecule has 2 N–H and O–H groups in total. The Morgan fingerprint density at radius 2 is 1.53 bits per heavy atom. The molecule has 0 aromatic carbocycles. The Kier molecular flexibility index (Phi) is 18.2. The third-order valence-electron chi connectivity index (χ3n) is 4.78. The van der Waals surface area contributed by atoms with Crippen molar-refractivity contribution in [3.8, 4) is 0 Å². The van der Waals surface area contributed by atoms with E-state index in [1.165, 1.54) is 32.1 Å². The summed E-state index contributed by atoms with van der Waals surface area (Å²) in [5.41, 5.74) is 0. The molecule has 0 aromatic rings. The Morgan fingerprint density at radius 1 is 0.938 bits per heavy atom. The van der Waals surface area contributed by atoms with Crippen molar-refractivity contribution >= 4 is 13.8 Å². The minimum absolute atomic E-state index is 0.0537. The van der Waals surface area contributed by atoms with E-state index in [1.54, 1.807) is 0 Å². The molecule has 0 fully saturated rings. The number of rotatable bonds is 21. The highest BCUT2D eigenvalue weighted by Crippen LogP contribution is 2.43. The van der Waals surface area contributed by atoms with E-state index in [-0.39, 0.29) is 19.2 Å². The van der Waals surface area contributed by atoms with E-state index in [1.807, 2.05) is 21.1 Å². The number of quaternary nitrogens is 1. The first-order valence-corrected chi connectivity index (χ1v) is 13.5. The first-order valence-electron chi connectivity index (χ1n) is 12.0. The van der Waals surface area contributed by atoms with Crippen molar-refractivity contribution in [2.45, 2.75) is 83.7 Å². The van der Waals surface area contributed by atoms with Crippen LogP contribution < -0.4 is 0 Å². The number of hydrogen-bond donors (Lipinski definition) is 2. The molecule has 0 bridgehead atoms. The summed E-state index contributed by atoms with van der Waals surface area (Å²) < 4.78 is 27.0. The lowest BCUT2D eigenvalue weighted by molar-refractivity contribution is -0.870. The van der Waals surface area contributed by atoms with Gasteiger partial charge in [-0.3, -0.25) is 13.8 Å². The summed E-state index contributed by atoms with van der Waals surface area (Å²) in [7, 11) is 1.55. The van der Waals surface area contributed by atoms with Crippen LogP contribution in [0, 0.1) is 0 Å². The predicted octanol–water partition coefficient (Wildman–Crippen LogP) is 4.60. The molecule has 0 aliphatic carbocycles. The van der Waals surface area contributed by atoms with Gasteiger partial charge in [0.2, 0.25) is 0 Å². The first-order chi connectivity index (χ1) is 15.1. The maximum atomic E-state index is 11.8. The fraction of sp³-hybridized carbons (Fsp3) is 0.870. The molecule has 0 saturated carbocycles. The third-order valence-corrected chi connectivity index (χ3v) is 5.76. The lowest BCUT2D eigenvalue weighted by Crippen LogP contribution is -2.37. The van der Waals surface area contributed by atoms with Gasteiger partial charge in [-0.2, -0.15) is 0 Å². The van der Waals surface area contributed by atoms with Crippen molar-refractivity contribution in [1.29, 1.82) is 0 Å². The molecule has 2 atom stereocenters. The number of esters is 1. The summed E-state index contributed by atoms with van der Waals surface area (Å²) in [6, 6.07) is 0. The summed E-state index contributed by atoms with van der Waals surface area (Å²) in [5.74, 6) is -0.384. The van der Waals surface area contributed by atoms with E-state index in [9.17, 15) is 19.4 Å². The molecule has 8 nitrogen and oxygen atoms in total. The second kappa shape index (κ2) is 18.6. The van der Waals surface area contributed by atoms with Gasteiger partial charge in [0.15, 0.2) is 0 Å². The normalized spacial score (nSPS) is 15.1. The molecule has 0 heterocycles. The SMILES string of the molecule is CCCCC/C=C\CCCCCCCC(=O)OCC(O)COP(=O)(O)OCC[N+](C)(C)C. The van der Waals surface area contributed by atoms with E-state index < -0.39 is 20.5 Å². The van der Waals surface area contributed by atoms with Crippen LogP contribution in [-0.2, 0) is 23.1 Å². The topological polar surface area (TPSA) is 102 Å². The minimum atomic E-state index is -4.24. The average Bonchev–Trinajstić information content (AvgIpc) is 2.70. The summed E-state index contributed by atoms with van der Waals surface area (Å²) in [6.45, 7) is 2.08. The zero-order chi connectivity index (χ0) is 24.3. The van der Waals surface area contributed by atoms with Gasteiger partial charge in [-0.1, -0.05) is 51.2 Å². The van der Waals surface area contributed by atoms with Crippen LogP contribution in [0.5, 0.6) is 0 Å². The number of aliphatic hydroxyl groups is 1. The zero-order valence-corrected chi connectivity index (χ0v) is 21.6. The fourth-order valence-electron chi connectivity index (χ4n) is 2.77. The summed E-state index contributed by atoms with van der Waals surface area (Å²) in [5, 5.41) is 9.79. The smallest absolute Gasteiger partial charge is 0.463 e. The molecular formula is C23H47NO7P+. The molecule has 0 saturated heterocycles. The van der Waals surface area contributed by atoms with Gasteiger partial charge in [-0.25, -0.2) is 4.57 Å². The van der Waals surface area contributed by atoms with E-state index in [0.29, 0.717) is 17.4 Å². The van der Waals surface area contributed by atoms with Gasteiger partial charge in [0, 0.05) is 6.42 Å². The van der Waals surface area contributed by atoms with Gasteiger partial charge in [-0.05, 0) is 32.1 Å². The molecule has 0 aliphatic rings. The Bertz CT molecular complexity index is 549. The minimum Gasteiger partial charge on any atom is -0.463 e. The molecule has 0 aromatic heterocycles. The van der Waals surface area contributed by atoms with Gasteiger partial charge in [0.05, 0.1) is 27.7 Å². The monoisotopic (exact) mass is 480 g/mol. The van der Waals surface area contributed by atoms with Crippen LogP contribution in [0.3, 0.4) is 0 Å². The number of likely N-dealkylation sites (N-methyl/N-ethyl adjacent to an activating group) is 1. The Labute approximate surface area is 195 Å². The highest BCUT2D eigenvalue weighted by atomic mass is 31.2. The van der Waals surface area contributed by atoms with E-state index in [2.05, 4.69) is 19.1 Å². The molecule has 2 unspecified atom stereocenters. The number of unbranched alkanes of at least 4 members (excludes halogenated alkanes) is 8. The number of ether oxygens (including phenoxy) is 1. The van der Waals surface area contributed by atoms with E-state index in [0.717, 1.165) is 32.1 Å². The standard InChI is InChI=1S/C23H46NO7P/c1-5-6-7-8-9-10-11-12-13-14-15-16-17-23(26)29-20-22(25)21-31-32(27,28)30-19-18-24(2,3)4/h9-10,22,25H,5-8,11-21H2,1-4H3/p+1/b10-9-. The quantitative estimate of drug-likeness (QED) is 0.0814. The molecule has 0 rings (SSSR count). The van der Waals surface area contributed by atoms with Crippen molar-refractivity contribution in [1.82, 2.24) is 0 Å². The van der Waals surface area contributed by atoms with Gasteiger partial charge < -0.3 is 19.2 Å². The van der Waals surface area contributed by atoms with Gasteiger partial charge in [-0.15, -0.1) is 0 Å². The fourth-order valence-corrected chi connectivity index (χ4v) is 3.51. The average molecular weight is 481 g/mol. The molecule has 9 heteroatoms. The highest BCUT2D eigenvalue weighted by Gasteiger charge is 2.24. The second-order valence-corrected chi connectivity index (χ2v) is 10.7. The van der Waals surface area contributed by atoms with Crippen LogP contribution in [-0.4, -0.2) is 74.1 Å². The van der Waals surface area contributed by atoms with Gasteiger partial charge in [0.25, 0.3) is 0 Å². The number of carbonyl (C=O) groups is 1. The molecule has 190 valence electrons. The number of hydrogen-bond acceptors (Lipinski definition) is 6. The van der Waals surface area contributed by atoms with E-state index >= 15 is 0 Å². The van der Waals surface area contributed by atoms with Gasteiger partial charge in [0.1, 0.15) is 25.9 Å². The Hall–Kier alpha value is -0.760. The van der Waals surface area contributed by atoms with Crippen LogP contribution in [0.4, 0.5) is 0 Å². The zero-order valence-electron chi connectivity index (χ0n) is 20.7. The van der Waals surface area contributed by atoms with Crippen molar-refractivity contribution in [2.75, 3.05) is 47.5 Å². The van der Waals surface area contributed by atoms with E-state index in [4.69, 9.17) is 13.8 Å². The maximum absolute atomic E-state index is 11.8. The van der Waals surface area contributed by atoms with Crippen molar-refractivity contribution < 1.29 is 37.6 Å². The molecule has 0 spiro atoms. The lowest BCUT2D eigenvalue weighted by Gasteiger charge is -2.24. The van der Waals surface area contributed by atoms with Crippen LogP contribution >= 0.6 is 7.82 Å². The molecular weight excluding hydrogens is 433 g/mol. The van der Waals surface area contributed by atoms with Crippen LogP contribution in [0.15, 0.2) is 12.2 Å². The largest absolute Gasteiger partial charge is 0.472 e. The van der Waals surface area contributed by atoms with Crippen LogP contribution in [0.2, 0.25) is 0 Å². The number of allylic oxidation sites excluding steroid dienone is 2. The number of nitrogens with zero attached hydrogens (tertiary/aromatic N) is 1. The second-order valence-electron chi connectivity index (χ2n) is 9.22. The summed E-state index contributed by atoms with van der Waals surface area (Å²) in [6.07, 6.45) is 15.0. The Morgan fingerprint density at radius 3 is 2.16 bits per heavy atom. The number of carbonyl (C=O) groups excluding carboxylic acids is 1. The van der Waals surface area contributed by atoms with Crippen molar-refractivity contribution in [3.05, 3.63) is 12.2 Å². The van der Waals surface area contributed by atoms with Crippen LogP contribution in [0.25, 0.3) is 0 Å². The number of aliphatic hydroxyl groups excluding tert-OH is 1. The van der Waals surface area contributed by atoms with Gasteiger partial charge >= 0.3 is 13.8 Å². The molecule has 32 heavy (non-hydrogen) atoms.